The number of rotatable bonds is 1. The molecule has 0 radical (unpaired) electrons. The van der Waals surface area contributed by atoms with Crippen LogP contribution < -0.4 is 11.1 Å². The zero-order valence-electron chi connectivity index (χ0n) is 7.99. The molecule has 4 heteroatoms. The quantitative estimate of drug-likeness (QED) is 0.665. The number of nitrogens with one attached hydrogen (secondary N) is 1. The van der Waals surface area contributed by atoms with Crippen LogP contribution in [0.4, 0.5) is 20.2 Å². The van der Waals surface area contributed by atoms with Gasteiger partial charge in [-0.15, -0.1) is 0 Å². The highest BCUT2D eigenvalue weighted by Crippen LogP contribution is 2.20. The molecule has 0 aliphatic rings. The molecule has 74 valence electrons. The van der Waals surface area contributed by atoms with Gasteiger partial charge in [-0.3, -0.25) is 0 Å². The van der Waals surface area contributed by atoms with E-state index in [1.807, 2.05) is 13.8 Å². The van der Waals surface area contributed by atoms with Gasteiger partial charge >= 0.3 is 0 Å². The van der Waals surface area contributed by atoms with Crippen LogP contribution in [0.25, 0.3) is 0 Å². The van der Waals surface area contributed by atoms with Crippen LogP contribution in [-0.2, 0) is 0 Å². The third-order valence-electron chi connectivity index (χ3n) is 1.31. The number of anilines is 2. The maximum atomic E-state index is 12.7. The van der Waals surface area contributed by atoms with Crippen molar-refractivity contribution in [2.75, 3.05) is 18.1 Å². The molecule has 0 heterocycles. The number of benzene rings is 1. The Labute approximate surface area is 76.8 Å². The molecule has 0 saturated carbocycles. The lowest BCUT2D eigenvalue weighted by atomic mass is 10.2. The maximum absolute atomic E-state index is 12.7. The predicted octanol–water partition coefficient (Wildman–Crippen LogP) is 2.61. The summed E-state index contributed by atoms with van der Waals surface area (Å²) in [6.45, 7) is 4.00. The molecule has 0 saturated heterocycles. The average molecular weight is 188 g/mol. The monoisotopic (exact) mass is 188 g/mol. The second-order valence-electron chi connectivity index (χ2n) is 2.11. The predicted molar refractivity (Wildman–Crippen MR) is 51.7 cm³/mol. The van der Waals surface area contributed by atoms with Crippen LogP contribution in [0.2, 0.25) is 0 Å². The van der Waals surface area contributed by atoms with E-state index in [-0.39, 0.29) is 11.4 Å². The molecule has 0 atom stereocenters. The van der Waals surface area contributed by atoms with E-state index in [4.69, 9.17) is 5.73 Å². The Morgan fingerprint density at radius 1 is 1.15 bits per heavy atom. The van der Waals surface area contributed by atoms with E-state index in [2.05, 4.69) is 5.32 Å². The summed E-state index contributed by atoms with van der Waals surface area (Å²) < 4.78 is 25.5. The number of halogens is 2. The third kappa shape index (κ3) is 2.89. The number of nitrogen functional groups attached to an aromatic ring is 1. The van der Waals surface area contributed by atoms with Crippen LogP contribution >= 0.6 is 0 Å². The molecule has 1 aromatic carbocycles. The van der Waals surface area contributed by atoms with E-state index in [0.29, 0.717) is 0 Å². The zero-order valence-corrected chi connectivity index (χ0v) is 7.99. The summed E-state index contributed by atoms with van der Waals surface area (Å²) in [5.41, 5.74) is 5.10. The van der Waals surface area contributed by atoms with Gasteiger partial charge in [-0.2, -0.15) is 0 Å². The normalized spacial score (nSPS) is 8.69. The first kappa shape index (κ1) is 11.7. The number of hydrogen-bond donors (Lipinski definition) is 2. The fourth-order valence-electron chi connectivity index (χ4n) is 0.832. The summed E-state index contributed by atoms with van der Waals surface area (Å²) in [6, 6.07) is 2.13. The van der Waals surface area contributed by atoms with E-state index in [0.717, 1.165) is 12.1 Å². The van der Waals surface area contributed by atoms with Gasteiger partial charge in [-0.05, 0) is 12.1 Å². The molecule has 0 aromatic heterocycles. The van der Waals surface area contributed by atoms with Crippen molar-refractivity contribution in [3.63, 3.8) is 0 Å². The van der Waals surface area contributed by atoms with Crippen molar-refractivity contribution in [3.8, 4) is 0 Å². The topological polar surface area (TPSA) is 38.0 Å². The molecule has 0 fully saturated rings. The van der Waals surface area contributed by atoms with Gasteiger partial charge in [0.2, 0.25) is 0 Å². The van der Waals surface area contributed by atoms with Gasteiger partial charge in [0, 0.05) is 12.7 Å². The molecule has 1 aromatic rings. The van der Waals surface area contributed by atoms with Crippen molar-refractivity contribution < 1.29 is 8.78 Å². The molecule has 0 aliphatic heterocycles. The van der Waals surface area contributed by atoms with Crippen molar-refractivity contribution >= 4 is 11.4 Å². The Bertz CT molecular complexity index is 251. The highest BCUT2D eigenvalue weighted by molar-refractivity contribution is 5.53. The first-order valence-corrected chi connectivity index (χ1v) is 4.07. The minimum atomic E-state index is -0.676. The third-order valence-corrected chi connectivity index (χ3v) is 1.31. The van der Waals surface area contributed by atoms with Crippen LogP contribution in [0.1, 0.15) is 13.8 Å². The van der Waals surface area contributed by atoms with Gasteiger partial charge < -0.3 is 11.1 Å². The van der Waals surface area contributed by atoms with Crippen molar-refractivity contribution in [3.05, 3.63) is 23.8 Å². The SMILES string of the molecule is CC.CNc1c(F)cc(N)cc1F. The highest BCUT2D eigenvalue weighted by atomic mass is 19.1. The van der Waals surface area contributed by atoms with E-state index in [9.17, 15) is 8.78 Å². The molecular formula is C9H14F2N2. The summed E-state index contributed by atoms with van der Waals surface area (Å²) in [5, 5.41) is 2.39. The lowest BCUT2D eigenvalue weighted by Gasteiger charge is -2.03. The van der Waals surface area contributed by atoms with Crippen molar-refractivity contribution in [2.24, 2.45) is 0 Å². The highest BCUT2D eigenvalue weighted by Gasteiger charge is 2.06. The van der Waals surface area contributed by atoms with Gasteiger partial charge in [0.05, 0.1) is 0 Å². The molecule has 0 spiro atoms. The summed E-state index contributed by atoms with van der Waals surface area (Å²) in [4.78, 5) is 0. The van der Waals surface area contributed by atoms with Gasteiger partial charge in [0.25, 0.3) is 0 Å². The van der Waals surface area contributed by atoms with Gasteiger partial charge in [0.1, 0.15) is 5.69 Å². The molecule has 1 rings (SSSR count). The van der Waals surface area contributed by atoms with Crippen LogP contribution in [0, 0.1) is 11.6 Å². The molecule has 0 aliphatic carbocycles. The molecule has 2 nitrogen and oxygen atoms in total. The fourth-order valence-corrected chi connectivity index (χ4v) is 0.832. The van der Waals surface area contributed by atoms with Gasteiger partial charge in [-0.25, -0.2) is 8.78 Å². The number of nitrogens with two attached hydrogens (primary N) is 1. The first-order chi connectivity index (χ1) is 6.15. The Morgan fingerprint density at radius 3 is 1.85 bits per heavy atom. The van der Waals surface area contributed by atoms with E-state index in [1.54, 1.807) is 0 Å². The lowest BCUT2D eigenvalue weighted by Crippen LogP contribution is -1.98. The average Bonchev–Trinajstić information content (AvgIpc) is 2.07. The second-order valence-corrected chi connectivity index (χ2v) is 2.11. The number of hydrogen-bond acceptors (Lipinski definition) is 2. The second kappa shape index (κ2) is 5.35. The summed E-state index contributed by atoms with van der Waals surface area (Å²) in [7, 11) is 1.44. The van der Waals surface area contributed by atoms with Crippen LogP contribution in [-0.4, -0.2) is 7.05 Å². The van der Waals surface area contributed by atoms with E-state index < -0.39 is 11.6 Å². The minimum Gasteiger partial charge on any atom is -0.399 e. The Morgan fingerprint density at radius 2 is 1.54 bits per heavy atom. The van der Waals surface area contributed by atoms with Crippen LogP contribution in [0.5, 0.6) is 0 Å². The fraction of sp³-hybridized carbons (Fsp3) is 0.333. The standard InChI is InChI=1S/C7H8F2N2.C2H6/c1-11-7-5(8)2-4(10)3-6(7)9;1-2/h2-3,11H,10H2,1H3;1-2H3. The summed E-state index contributed by atoms with van der Waals surface area (Å²) in [5.74, 6) is -1.35. The van der Waals surface area contributed by atoms with E-state index in [1.165, 1.54) is 7.05 Å². The minimum absolute atomic E-state index is 0.0824. The zero-order chi connectivity index (χ0) is 10.4. The van der Waals surface area contributed by atoms with Gasteiger partial charge in [-0.1, -0.05) is 13.8 Å². The summed E-state index contributed by atoms with van der Waals surface area (Å²) in [6.07, 6.45) is 0. The Hall–Kier alpha value is -1.32. The molecular weight excluding hydrogens is 174 g/mol. The van der Waals surface area contributed by atoms with Crippen molar-refractivity contribution in [1.82, 2.24) is 0 Å². The maximum Gasteiger partial charge on any atom is 0.151 e. The van der Waals surface area contributed by atoms with Crippen molar-refractivity contribution in [2.45, 2.75) is 13.8 Å². The van der Waals surface area contributed by atoms with Gasteiger partial charge in [0.15, 0.2) is 11.6 Å². The molecule has 3 N–H and O–H groups in total. The summed E-state index contributed by atoms with van der Waals surface area (Å²) >= 11 is 0. The first-order valence-electron chi connectivity index (χ1n) is 4.07. The largest absolute Gasteiger partial charge is 0.399 e. The van der Waals surface area contributed by atoms with Crippen LogP contribution in [0.15, 0.2) is 12.1 Å². The van der Waals surface area contributed by atoms with Crippen LogP contribution in [0.3, 0.4) is 0 Å². The molecule has 0 bridgehead atoms. The van der Waals surface area contributed by atoms with E-state index >= 15 is 0 Å². The molecule has 13 heavy (non-hydrogen) atoms. The molecule has 0 amide bonds. The lowest BCUT2D eigenvalue weighted by molar-refractivity contribution is 0.591. The Balaban J connectivity index is 0.000000671. The van der Waals surface area contributed by atoms with Crippen molar-refractivity contribution in [1.29, 1.82) is 0 Å². The smallest absolute Gasteiger partial charge is 0.151 e. The Kier molecular flexibility index (Phi) is 4.80. The molecule has 0 unspecified atom stereocenters.